The minimum Gasteiger partial charge on any atom is -0.756 e. The molecular weight excluding hydrogens is 1030 g/mol. The van der Waals surface area contributed by atoms with E-state index in [1.807, 2.05) is 27.2 Å². The third kappa shape index (κ3) is 65.7. The molecule has 0 aromatic heterocycles. The van der Waals surface area contributed by atoms with Gasteiger partial charge in [-0.15, -0.1) is 0 Å². The number of allylic oxidation sites excluding steroid dienone is 9. The van der Waals surface area contributed by atoms with E-state index >= 15 is 0 Å². The zero-order valence-corrected chi connectivity index (χ0v) is 56.1. The second kappa shape index (κ2) is 63.7. The summed E-state index contributed by atoms with van der Waals surface area (Å²) in [6.07, 6.45) is 87.8. The summed E-state index contributed by atoms with van der Waals surface area (Å²) < 4.78 is 23.4. The van der Waals surface area contributed by atoms with Crippen LogP contribution in [0.4, 0.5) is 0 Å². The number of aliphatic hydroxyl groups is 1. The van der Waals surface area contributed by atoms with Crippen molar-refractivity contribution in [3.63, 3.8) is 0 Å². The van der Waals surface area contributed by atoms with Gasteiger partial charge in [0, 0.05) is 6.42 Å². The van der Waals surface area contributed by atoms with Gasteiger partial charge in [-0.3, -0.25) is 9.36 Å². The van der Waals surface area contributed by atoms with Crippen LogP contribution in [0.25, 0.3) is 0 Å². The van der Waals surface area contributed by atoms with Crippen LogP contribution >= 0.6 is 7.82 Å². The van der Waals surface area contributed by atoms with Crippen LogP contribution in [-0.4, -0.2) is 68.5 Å². The predicted octanol–water partition coefficient (Wildman–Crippen LogP) is 22.1. The molecule has 0 aromatic carbocycles. The Morgan fingerprint density at radius 2 is 0.720 bits per heavy atom. The molecule has 1 amide bonds. The molecule has 0 heterocycles. The van der Waals surface area contributed by atoms with Crippen molar-refractivity contribution in [1.82, 2.24) is 5.32 Å². The highest BCUT2D eigenvalue weighted by Gasteiger charge is 2.23. The number of amides is 1. The van der Waals surface area contributed by atoms with Crippen LogP contribution < -0.4 is 10.2 Å². The summed E-state index contributed by atoms with van der Waals surface area (Å²) in [4.78, 5) is 25.6. The molecule has 0 saturated heterocycles. The molecule has 3 atom stereocenters. The molecule has 0 bridgehead atoms. The third-order valence-corrected chi connectivity index (χ3v) is 17.1. The first-order chi connectivity index (χ1) is 40.0. The van der Waals surface area contributed by atoms with E-state index in [1.165, 1.54) is 276 Å². The van der Waals surface area contributed by atoms with Gasteiger partial charge in [-0.2, -0.15) is 0 Å². The maximum atomic E-state index is 13.0. The number of nitrogens with zero attached hydrogens (tertiary/aromatic N) is 1. The van der Waals surface area contributed by atoms with Crippen molar-refractivity contribution >= 4 is 13.7 Å². The van der Waals surface area contributed by atoms with E-state index in [-0.39, 0.29) is 12.5 Å². The Morgan fingerprint density at radius 1 is 0.427 bits per heavy atom. The average Bonchev–Trinajstić information content (AvgIpc) is 3.47. The summed E-state index contributed by atoms with van der Waals surface area (Å²) in [7, 11) is 1.25. The lowest BCUT2D eigenvalue weighted by Crippen LogP contribution is -2.45. The Kier molecular flexibility index (Phi) is 62.3. The lowest BCUT2D eigenvalue weighted by molar-refractivity contribution is -0.870. The minimum absolute atomic E-state index is 0.00900. The van der Waals surface area contributed by atoms with Gasteiger partial charge in [0.15, 0.2) is 0 Å². The van der Waals surface area contributed by atoms with E-state index in [4.69, 9.17) is 9.05 Å². The topological polar surface area (TPSA) is 108 Å². The molecule has 0 radical (unpaired) electrons. The number of hydrogen-bond acceptors (Lipinski definition) is 6. The average molecular weight is 1170 g/mol. The maximum Gasteiger partial charge on any atom is 0.268 e. The molecule has 0 aliphatic carbocycles. The van der Waals surface area contributed by atoms with E-state index < -0.39 is 26.6 Å². The van der Waals surface area contributed by atoms with Crippen LogP contribution in [0.3, 0.4) is 0 Å². The Labute approximate surface area is 511 Å². The third-order valence-electron chi connectivity index (χ3n) is 16.2. The van der Waals surface area contributed by atoms with E-state index in [0.29, 0.717) is 17.4 Å². The maximum absolute atomic E-state index is 13.0. The molecule has 0 aliphatic rings. The first-order valence-electron chi connectivity index (χ1n) is 35.7. The highest BCUT2D eigenvalue weighted by Crippen LogP contribution is 2.38. The summed E-state index contributed by atoms with van der Waals surface area (Å²) in [6.45, 7) is 4.66. The second-order valence-corrected chi connectivity index (χ2v) is 27.0. The molecule has 8 nitrogen and oxygen atoms in total. The molecule has 0 rings (SSSR count). The highest BCUT2D eigenvalue weighted by molar-refractivity contribution is 7.45. The number of hydrogen-bond donors (Lipinski definition) is 2. The van der Waals surface area contributed by atoms with Crippen molar-refractivity contribution in [3.05, 3.63) is 60.8 Å². The molecule has 0 fully saturated rings. The van der Waals surface area contributed by atoms with E-state index in [2.05, 4.69) is 67.8 Å². The number of nitrogens with one attached hydrogen (secondary N) is 1. The lowest BCUT2D eigenvalue weighted by Gasteiger charge is -2.29. The zero-order chi connectivity index (χ0) is 59.8. The quantitative estimate of drug-likeness (QED) is 0.0272. The normalized spacial score (nSPS) is 14.0. The summed E-state index contributed by atoms with van der Waals surface area (Å²) in [5.74, 6) is -0.206. The summed E-state index contributed by atoms with van der Waals surface area (Å²) in [6, 6.07) is -0.912. The van der Waals surface area contributed by atoms with Crippen molar-refractivity contribution in [2.45, 2.75) is 360 Å². The number of carbonyl (C=O) groups is 1. The van der Waals surface area contributed by atoms with E-state index in [9.17, 15) is 19.4 Å². The molecule has 0 aliphatic heterocycles. The van der Waals surface area contributed by atoms with Crippen molar-refractivity contribution in [2.24, 2.45) is 0 Å². The van der Waals surface area contributed by atoms with Gasteiger partial charge in [0.2, 0.25) is 5.91 Å². The lowest BCUT2D eigenvalue weighted by atomic mass is 10.0. The van der Waals surface area contributed by atoms with Gasteiger partial charge in [0.1, 0.15) is 13.2 Å². The number of likely N-dealkylation sites (N-methyl/N-ethyl adjacent to an activating group) is 1. The van der Waals surface area contributed by atoms with Crippen molar-refractivity contribution < 1.29 is 32.9 Å². The Balaban J connectivity index is 4.10. The minimum atomic E-state index is -4.62. The molecule has 9 heteroatoms. The fraction of sp³-hybridized carbons (Fsp3) is 0.849. The highest BCUT2D eigenvalue weighted by atomic mass is 31.2. The summed E-state index contributed by atoms with van der Waals surface area (Å²) in [5, 5.41) is 13.9. The van der Waals surface area contributed by atoms with Gasteiger partial charge in [-0.25, -0.2) is 0 Å². The number of aliphatic hydroxyl groups excluding tert-OH is 1. The molecule has 3 unspecified atom stereocenters. The van der Waals surface area contributed by atoms with E-state index in [1.54, 1.807) is 6.08 Å². The number of phosphoric acid groups is 1. The monoisotopic (exact) mass is 1170 g/mol. The summed E-state index contributed by atoms with van der Waals surface area (Å²) >= 11 is 0. The SMILES string of the molecule is CCCCCCC/C=C\C/C=C\CCCCCCCCCCCCCCCCCCCCCC(=O)NC(COP(=O)([O-])OCC[N+](C)(C)C)C(O)/C=C/CC/C=C/CC/C=C/CCCCCCCCCCCCCCCCCCCCC. The Morgan fingerprint density at radius 3 is 1.06 bits per heavy atom. The predicted molar refractivity (Wildman–Crippen MR) is 357 cm³/mol. The van der Waals surface area contributed by atoms with Crippen molar-refractivity contribution in [3.8, 4) is 0 Å². The Bertz CT molecular complexity index is 1520. The van der Waals surface area contributed by atoms with Crippen LogP contribution in [0.1, 0.15) is 348 Å². The van der Waals surface area contributed by atoms with Crippen LogP contribution in [0.15, 0.2) is 60.8 Å². The molecular formula is C73H139N2O6P. The van der Waals surface area contributed by atoms with Crippen LogP contribution in [0.2, 0.25) is 0 Å². The molecule has 82 heavy (non-hydrogen) atoms. The van der Waals surface area contributed by atoms with Crippen LogP contribution in [-0.2, 0) is 18.4 Å². The standard InChI is InChI=1S/C73H139N2O6P/c1-6-8-10-12-14-16-18-20-22-24-26-28-30-32-34-36-37-39-41-43-45-47-49-51-53-55-57-59-61-63-65-67-73(77)74-71(70-81-82(78,79)80-69-68-75(3,4)5)72(76)66-64-62-60-58-56-54-52-50-48-46-44-42-40-38-35-33-31-29-27-25-23-21-19-17-15-13-11-9-7-2/h18,20,24,26,48,50,56,58,64,66,71-72,76H,6-17,19,21-23,25,27-47,49,51-55,57,59-63,65,67-70H2,1-5H3,(H-,74,77,78,79)/b20-18-,26-24-,50-48+,58-56+,66-64+. The first-order valence-corrected chi connectivity index (χ1v) is 37.1. The van der Waals surface area contributed by atoms with Gasteiger partial charge >= 0.3 is 0 Å². The van der Waals surface area contributed by atoms with E-state index in [0.717, 1.165) is 51.4 Å². The smallest absolute Gasteiger partial charge is 0.268 e. The van der Waals surface area contributed by atoms with Gasteiger partial charge < -0.3 is 28.8 Å². The fourth-order valence-electron chi connectivity index (χ4n) is 10.6. The first kappa shape index (κ1) is 80.2. The Hall–Kier alpha value is -1.80. The van der Waals surface area contributed by atoms with Crippen molar-refractivity contribution in [2.75, 3.05) is 40.9 Å². The fourth-order valence-corrected chi connectivity index (χ4v) is 11.4. The largest absolute Gasteiger partial charge is 0.756 e. The van der Waals surface area contributed by atoms with Gasteiger partial charge in [0.25, 0.3) is 7.82 Å². The van der Waals surface area contributed by atoms with Gasteiger partial charge in [-0.05, 0) is 77.0 Å². The van der Waals surface area contributed by atoms with Crippen LogP contribution in [0, 0.1) is 0 Å². The number of rotatable bonds is 66. The van der Waals surface area contributed by atoms with Gasteiger partial charge in [-0.1, -0.05) is 325 Å². The second-order valence-electron chi connectivity index (χ2n) is 25.6. The molecule has 2 N–H and O–H groups in total. The molecule has 482 valence electrons. The number of carbonyl (C=O) groups excluding carboxylic acids is 1. The molecule has 0 spiro atoms. The molecule has 0 aromatic rings. The summed E-state index contributed by atoms with van der Waals surface area (Å²) in [5.41, 5.74) is 0. The van der Waals surface area contributed by atoms with Crippen molar-refractivity contribution in [1.29, 1.82) is 0 Å². The van der Waals surface area contributed by atoms with Gasteiger partial charge in [0.05, 0.1) is 39.9 Å². The number of phosphoric ester groups is 1. The zero-order valence-electron chi connectivity index (χ0n) is 55.2. The number of quaternary nitrogens is 1. The van der Waals surface area contributed by atoms with Crippen LogP contribution in [0.5, 0.6) is 0 Å². The number of unbranched alkanes of at least 4 members (excludes halogenated alkanes) is 45. The molecule has 0 saturated carbocycles.